The van der Waals surface area contributed by atoms with Crippen LogP contribution < -0.4 is 0 Å². The number of nitrogens with zero attached hydrogens (tertiary/aromatic N) is 1. The molecule has 0 radical (unpaired) electrons. The van der Waals surface area contributed by atoms with Gasteiger partial charge in [0.15, 0.2) is 0 Å². The van der Waals surface area contributed by atoms with Crippen LogP contribution >= 0.6 is 0 Å². The van der Waals surface area contributed by atoms with Gasteiger partial charge in [0.2, 0.25) is 0 Å². The van der Waals surface area contributed by atoms with E-state index in [0.29, 0.717) is 10.9 Å². The van der Waals surface area contributed by atoms with E-state index < -0.39 is 11.6 Å². The third kappa shape index (κ3) is 6.85. The molecule has 0 aliphatic heterocycles. The third-order valence-electron chi connectivity index (χ3n) is 6.26. The highest BCUT2D eigenvalue weighted by Gasteiger charge is 2.07. The normalized spacial score (nSPS) is 10.2. The summed E-state index contributed by atoms with van der Waals surface area (Å²) in [6.07, 6.45) is 7.49. The van der Waals surface area contributed by atoms with Crippen molar-refractivity contribution in [3.63, 3.8) is 0 Å². The number of fused-ring (bicyclic) bond motifs is 1. The van der Waals surface area contributed by atoms with Crippen LogP contribution in [0.3, 0.4) is 0 Å². The molecular formula is C34H27F2N. The number of aryl methyl sites for hydroxylation is 1. The SMILES string of the molecule is CCCCCCCc1ccc(C#Cc2ccc3c(F)c(C#Cc4ccc(C#N)c(F)c4)ccc3c2)cc1. The van der Waals surface area contributed by atoms with Crippen LogP contribution in [0.2, 0.25) is 0 Å². The Kier molecular flexibility index (Phi) is 8.70. The van der Waals surface area contributed by atoms with Gasteiger partial charge in [0.1, 0.15) is 17.7 Å². The highest BCUT2D eigenvalue weighted by atomic mass is 19.1. The van der Waals surface area contributed by atoms with Gasteiger partial charge in [-0.3, -0.25) is 0 Å². The maximum absolute atomic E-state index is 15.1. The second kappa shape index (κ2) is 12.5. The zero-order valence-electron chi connectivity index (χ0n) is 20.9. The molecule has 0 aliphatic rings. The van der Waals surface area contributed by atoms with E-state index in [9.17, 15) is 4.39 Å². The van der Waals surface area contributed by atoms with E-state index >= 15 is 4.39 Å². The summed E-state index contributed by atoms with van der Waals surface area (Å²) in [5, 5.41) is 10.0. The molecule has 0 unspecified atom stereocenters. The topological polar surface area (TPSA) is 23.8 Å². The summed E-state index contributed by atoms with van der Waals surface area (Å²) in [6.45, 7) is 2.23. The van der Waals surface area contributed by atoms with Crippen molar-refractivity contribution >= 4 is 10.8 Å². The van der Waals surface area contributed by atoms with Gasteiger partial charge < -0.3 is 0 Å². The van der Waals surface area contributed by atoms with E-state index in [2.05, 4.69) is 54.9 Å². The van der Waals surface area contributed by atoms with Crippen molar-refractivity contribution < 1.29 is 8.78 Å². The number of hydrogen-bond donors (Lipinski definition) is 0. The van der Waals surface area contributed by atoms with Crippen molar-refractivity contribution in [1.82, 2.24) is 0 Å². The minimum absolute atomic E-state index is 0.0495. The third-order valence-corrected chi connectivity index (χ3v) is 6.26. The van der Waals surface area contributed by atoms with Crippen LogP contribution in [-0.2, 0) is 6.42 Å². The van der Waals surface area contributed by atoms with E-state index in [-0.39, 0.29) is 11.1 Å². The van der Waals surface area contributed by atoms with Gasteiger partial charge >= 0.3 is 0 Å². The summed E-state index contributed by atoms with van der Waals surface area (Å²) in [6, 6.07) is 23.1. The molecule has 0 aliphatic carbocycles. The van der Waals surface area contributed by atoms with Gasteiger partial charge in [0, 0.05) is 22.1 Å². The Balaban J connectivity index is 1.46. The van der Waals surface area contributed by atoms with E-state index in [1.165, 1.54) is 49.8 Å². The minimum atomic E-state index is -0.643. The van der Waals surface area contributed by atoms with Crippen LogP contribution in [0.15, 0.2) is 72.8 Å². The lowest BCUT2D eigenvalue weighted by atomic mass is 10.0. The van der Waals surface area contributed by atoms with Crippen molar-refractivity contribution in [3.8, 4) is 29.8 Å². The first-order valence-electron chi connectivity index (χ1n) is 12.6. The summed E-state index contributed by atoms with van der Waals surface area (Å²) >= 11 is 0. The molecule has 4 rings (SSSR count). The van der Waals surface area contributed by atoms with E-state index in [1.54, 1.807) is 30.3 Å². The number of hydrogen-bond acceptors (Lipinski definition) is 1. The van der Waals surface area contributed by atoms with E-state index in [0.717, 1.165) is 22.9 Å². The number of halogens is 2. The number of rotatable bonds is 6. The van der Waals surface area contributed by atoms with Gasteiger partial charge in [0.25, 0.3) is 0 Å². The van der Waals surface area contributed by atoms with Crippen molar-refractivity contribution in [1.29, 1.82) is 5.26 Å². The Morgan fingerprint density at radius 2 is 1.30 bits per heavy atom. The highest BCUT2D eigenvalue weighted by Crippen LogP contribution is 2.22. The molecular weight excluding hydrogens is 460 g/mol. The maximum atomic E-state index is 15.1. The van der Waals surface area contributed by atoms with Gasteiger partial charge in [-0.15, -0.1) is 0 Å². The van der Waals surface area contributed by atoms with Crippen LogP contribution in [-0.4, -0.2) is 0 Å². The van der Waals surface area contributed by atoms with Gasteiger partial charge in [-0.25, -0.2) is 8.78 Å². The summed E-state index contributed by atoms with van der Waals surface area (Å²) in [4.78, 5) is 0. The zero-order valence-corrected chi connectivity index (χ0v) is 20.9. The van der Waals surface area contributed by atoms with Gasteiger partial charge in [-0.05, 0) is 72.3 Å². The Morgan fingerprint density at radius 1 is 0.649 bits per heavy atom. The average molecular weight is 488 g/mol. The Morgan fingerprint density at radius 3 is 2.05 bits per heavy atom. The van der Waals surface area contributed by atoms with Crippen LogP contribution in [0.5, 0.6) is 0 Å². The number of nitriles is 1. The molecule has 0 aromatic heterocycles. The summed E-state index contributed by atoms with van der Waals surface area (Å²) < 4.78 is 28.9. The molecule has 0 fully saturated rings. The first kappa shape index (κ1) is 25.7. The second-order valence-electron chi connectivity index (χ2n) is 9.03. The Hall–Kier alpha value is -4.39. The molecule has 0 N–H and O–H groups in total. The molecule has 0 saturated heterocycles. The molecule has 3 heteroatoms. The molecule has 1 nitrogen and oxygen atoms in total. The lowest BCUT2D eigenvalue weighted by molar-refractivity contribution is 0.623. The first-order chi connectivity index (χ1) is 18.1. The molecule has 37 heavy (non-hydrogen) atoms. The van der Waals surface area contributed by atoms with Crippen molar-refractivity contribution in [2.24, 2.45) is 0 Å². The van der Waals surface area contributed by atoms with Gasteiger partial charge in [0.05, 0.1) is 11.1 Å². The first-order valence-corrected chi connectivity index (χ1v) is 12.6. The van der Waals surface area contributed by atoms with Crippen LogP contribution in [0.25, 0.3) is 10.8 Å². The summed E-state index contributed by atoms with van der Waals surface area (Å²) in [5.41, 5.74) is 3.64. The predicted molar refractivity (Wildman–Crippen MR) is 146 cm³/mol. The quantitative estimate of drug-likeness (QED) is 0.198. The highest BCUT2D eigenvalue weighted by molar-refractivity contribution is 5.86. The van der Waals surface area contributed by atoms with Crippen molar-refractivity contribution in [2.45, 2.75) is 45.4 Å². The lowest BCUT2D eigenvalue weighted by Crippen LogP contribution is -1.89. The van der Waals surface area contributed by atoms with E-state index in [1.807, 2.05) is 12.1 Å². The summed E-state index contributed by atoms with van der Waals surface area (Å²) in [7, 11) is 0. The molecule has 0 saturated carbocycles. The average Bonchev–Trinajstić information content (AvgIpc) is 2.92. The smallest absolute Gasteiger partial charge is 0.146 e. The standard InChI is InChI=1S/C34H27F2N/c1-2-3-4-5-6-7-25-8-10-26(11-9-25)12-13-27-16-21-32-30(22-27)20-19-29(34(32)36)17-14-28-15-18-31(24-37)33(35)23-28/h8-11,15-16,18-23H,2-7H2,1H3. The molecule has 4 aromatic carbocycles. The lowest BCUT2D eigenvalue weighted by Gasteiger charge is -2.03. The monoisotopic (exact) mass is 487 g/mol. The van der Waals surface area contributed by atoms with E-state index in [4.69, 9.17) is 5.26 Å². The fourth-order valence-corrected chi connectivity index (χ4v) is 4.12. The fourth-order valence-electron chi connectivity index (χ4n) is 4.12. The van der Waals surface area contributed by atoms with Crippen molar-refractivity contribution in [2.75, 3.05) is 0 Å². The van der Waals surface area contributed by atoms with Crippen LogP contribution in [0, 0.1) is 46.6 Å². The fraction of sp³-hybridized carbons (Fsp3) is 0.206. The number of unbranched alkanes of at least 4 members (excludes halogenated alkanes) is 4. The number of benzene rings is 4. The Labute approximate surface area is 217 Å². The molecule has 0 atom stereocenters. The predicted octanol–water partition coefficient (Wildman–Crippen LogP) is 8.30. The summed E-state index contributed by atoms with van der Waals surface area (Å²) in [5.74, 6) is 10.8. The van der Waals surface area contributed by atoms with Gasteiger partial charge in [-0.1, -0.05) is 80.6 Å². The molecule has 0 spiro atoms. The maximum Gasteiger partial charge on any atom is 0.146 e. The largest absolute Gasteiger partial charge is 0.206 e. The van der Waals surface area contributed by atoms with Gasteiger partial charge in [-0.2, -0.15) is 5.26 Å². The van der Waals surface area contributed by atoms with Crippen molar-refractivity contribution in [3.05, 3.63) is 118 Å². The second-order valence-corrected chi connectivity index (χ2v) is 9.03. The van der Waals surface area contributed by atoms with Crippen LogP contribution in [0.4, 0.5) is 8.78 Å². The molecule has 0 amide bonds. The molecule has 4 aromatic rings. The molecule has 0 heterocycles. The zero-order chi connectivity index (χ0) is 26.0. The molecule has 0 bridgehead atoms. The Bertz CT molecular complexity index is 1570. The molecule has 182 valence electrons. The minimum Gasteiger partial charge on any atom is -0.206 e. The van der Waals surface area contributed by atoms with Crippen LogP contribution in [0.1, 0.15) is 72.4 Å².